The minimum Gasteiger partial charge on any atom is -0.441 e. The number of benzene rings is 2. The Bertz CT molecular complexity index is 1250. The van der Waals surface area contributed by atoms with Crippen molar-refractivity contribution in [3.63, 3.8) is 0 Å². The zero-order valence-electron chi connectivity index (χ0n) is 20.0. The lowest BCUT2D eigenvalue weighted by Gasteiger charge is -2.34. The first kappa shape index (κ1) is 25.1. The van der Waals surface area contributed by atoms with Crippen LogP contribution in [0, 0.1) is 5.82 Å². The smallest absolute Gasteiger partial charge is 0.243 e. The van der Waals surface area contributed by atoms with Crippen LogP contribution in [0.3, 0.4) is 0 Å². The molecule has 35 heavy (non-hydrogen) atoms. The highest BCUT2D eigenvalue weighted by Gasteiger charge is 2.30. The first-order valence-corrected chi connectivity index (χ1v) is 13.3. The molecule has 0 radical (unpaired) electrons. The van der Waals surface area contributed by atoms with Crippen LogP contribution in [-0.2, 0) is 21.2 Å². The summed E-state index contributed by atoms with van der Waals surface area (Å²) in [6, 6.07) is 13.0. The van der Waals surface area contributed by atoms with Crippen LogP contribution in [0.5, 0.6) is 0 Å². The number of carbonyl (C=O) groups is 1. The molecule has 9 heteroatoms. The number of carbonyl (C=O) groups excluding carboxylic acids is 1. The number of amides is 1. The standard InChI is InChI=1S/C26H30FN3O4S/c1-3-19(2)20-6-10-23(11-7-20)35(32,33)30-16-14-29(15-17-30)26(31)13-12-25-28-18-24(34-25)21-4-8-22(27)9-5-21/h4-11,18-19H,3,12-17H2,1-2H3. The molecule has 0 saturated carbocycles. The molecule has 1 fully saturated rings. The van der Waals surface area contributed by atoms with Crippen LogP contribution < -0.4 is 0 Å². The van der Waals surface area contributed by atoms with E-state index in [-0.39, 0.29) is 36.1 Å². The van der Waals surface area contributed by atoms with Gasteiger partial charge in [0.15, 0.2) is 11.7 Å². The van der Waals surface area contributed by atoms with Crippen LogP contribution in [0.1, 0.15) is 44.1 Å². The third-order valence-corrected chi connectivity index (χ3v) is 8.44. The number of aromatic nitrogens is 1. The molecule has 1 amide bonds. The summed E-state index contributed by atoms with van der Waals surface area (Å²) in [4.78, 5) is 18.9. The Kier molecular flexibility index (Phi) is 7.66. The number of nitrogens with zero attached hydrogens (tertiary/aromatic N) is 3. The van der Waals surface area contributed by atoms with E-state index in [1.165, 1.54) is 16.4 Å². The molecular weight excluding hydrogens is 469 g/mol. The zero-order chi connectivity index (χ0) is 25.0. The molecule has 186 valence electrons. The van der Waals surface area contributed by atoms with Gasteiger partial charge in [-0.2, -0.15) is 4.31 Å². The summed E-state index contributed by atoms with van der Waals surface area (Å²) in [5.41, 5.74) is 1.83. The second-order valence-electron chi connectivity index (χ2n) is 8.79. The largest absolute Gasteiger partial charge is 0.441 e. The summed E-state index contributed by atoms with van der Waals surface area (Å²) in [6.07, 6.45) is 3.11. The summed E-state index contributed by atoms with van der Waals surface area (Å²) < 4.78 is 46.3. The van der Waals surface area contributed by atoms with Gasteiger partial charge in [0.25, 0.3) is 0 Å². The number of hydrogen-bond acceptors (Lipinski definition) is 5. The van der Waals surface area contributed by atoms with Gasteiger partial charge >= 0.3 is 0 Å². The van der Waals surface area contributed by atoms with Crippen LogP contribution in [-0.4, -0.2) is 54.7 Å². The number of halogens is 1. The molecule has 0 bridgehead atoms. The van der Waals surface area contributed by atoms with Crippen LogP contribution in [0.4, 0.5) is 4.39 Å². The van der Waals surface area contributed by atoms with Crippen molar-refractivity contribution in [2.24, 2.45) is 0 Å². The van der Waals surface area contributed by atoms with Gasteiger partial charge in [0.2, 0.25) is 15.9 Å². The predicted octanol–water partition coefficient (Wildman–Crippen LogP) is 4.46. The van der Waals surface area contributed by atoms with Crippen molar-refractivity contribution in [3.8, 4) is 11.3 Å². The summed E-state index contributed by atoms with van der Waals surface area (Å²) in [6.45, 7) is 5.42. The SMILES string of the molecule is CCC(C)c1ccc(S(=O)(=O)N2CCN(C(=O)CCc3ncc(-c4ccc(F)cc4)o3)CC2)cc1. The highest BCUT2D eigenvalue weighted by Crippen LogP contribution is 2.24. The molecule has 1 saturated heterocycles. The van der Waals surface area contributed by atoms with E-state index >= 15 is 0 Å². The Morgan fingerprint density at radius 1 is 1.06 bits per heavy atom. The number of piperazine rings is 1. The second kappa shape index (κ2) is 10.7. The van der Waals surface area contributed by atoms with Crippen molar-refractivity contribution in [1.82, 2.24) is 14.2 Å². The number of rotatable bonds is 8. The molecular formula is C26H30FN3O4S. The van der Waals surface area contributed by atoms with E-state index in [4.69, 9.17) is 4.42 Å². The van der Waals surface area contributed by atoms with Crippen molar-refractivity contribution in [2.75, 3.05) is 26.2 Å². The molecule has 2 heterocycles. The molecule has 1 aromatic heterocycles. The number of aryl methyl sites for hydroxylation is 1. The van der Waals surface area contributed by atoms with Gasteiger partial charge in [-0.05, 0) is 54.3 Å². The van der Waals surface area contributed by atoms with Crippen molar-refractivity contribution < 1.29 is 22.0 Å². The summed E-state index contributed by atoms with van der Waals surface area (Å²) >= 11 is 0. The Balaban J connectivity index is 1.29. The lowest BCUT2D eigenvalue weighted by molar-refractivity contribution is -0.132. The van der Waals surface area contributed by atoms with Crippen molar-refractivity contribution in [3.05, 3.63) is 72.0 Å². The van der Waals surface area contributed by atoms with Crippen LogP contribution in [0.25, 0.3) is 11.3 Å². The van der Waals surface area contributed by atoms with Crippen LogP contribution >= 0.6 is 0 Å². The number of oxazole rings is 1. The van der Waals surface area contributed by atoms with Crippen molar-refractivity contribution >= 4 is 15.9 Å². The maximum atomic E-state index is 13.1. The Hall–Kier alpha value is -3.04. The van der Waals surface area contributed by atoms with Gasteiger partial charge in [-0.25, -0.2) is 17.8 Å². The molecule has 1 aliphatic heterocycles. The maximum absolute atomic E-state index is 13.1. The molecule has 3 aromatic rings. The fourth-order valence-corrected chi connectivity index (χ4v) is 5.50. The van der Waals surface area contributed by atoms with E-state index in [1.54, 1.807) is 35.4 Å². The van der Waals surface area contributed by atoms with Gasteiger partial charge in [0.1, 0.15) is 5.82 Å². The third-order valence-electron chi connectivity index (χ3n) is 6.53. The lowest BCUT2D eigenvalue weighted by atomic mass is 9.99. The molecule has 7 nitrogen and oxygen atoms in total. The minimum absolute atomic E-state index is 0.0681. The first-order chi connectivity index (χ1) is 16.8. The highest BCUT2D eigenvalue weighted by molar-refractivity contribution is 7.89. The fraction of sp³-hybridized carbons (Fsp3) is 0.385. The quantitative estimate of drug-likeness (QED) is 0.457. The van der Waals surface area contributed by atoms with Crippen LogP contribution in [0.2, 0.25) is 0 Å². The van der Waals surface area contributed by atoms with Crippen molar-refractivity contribution in [1.29, 1.82) is 0 Å². The van der Waals surface area contributed by atoms with E-state index in [1.807, 2.05) is 12.1 Å². The molecule has 1 atom stereocenters. The average Bonchev–Trinajstić information content (AvgIpc) is 3.36. The molecule has 2 aromatic carbocycles. The topological polar surface area (TPSA) is 83.7 Å². The number of hydrogen-bond donors (Lipinski definition) is 0. The van der Waals surface area contributed by atoms with E-state index in [0.717, 1.165) is 12.0 Å². The summed E-state index contributed by atoms with van der Waals surface area (Å²) in [5, 5.41) is 0. The van der Waals surface area contributed by atoms with Gasteiger partial charge in [0, 0.05) is 44.6 Å². The Morgan fingerprint density at radius 2 is 1.71 bits per heavy atom. The number of sulfonamides is 1. The van der Waals surface area contributed by atoms with E-state index < -0.39 is 10.0 Å². The van der Waals surface area contributed by atoms with Crippen molar-refractivity contribution in [2.45, 2.75) is 43.9 Å². The fourth-order valence-electron chi connectivity index (χ4n) is 4.08. The minimum atomic E-state index is -3.60. The van der Waals surface area contributed by atoms with E-state index in [0.29, 0.717) is 42.6 Å². The zero-order valence-corrected chi connectivity index (χ0v) is 20.8. The summed E-state index contributed by atoms with van der Waals surface area (Å²) in [5.74, 6) is 0.934. The van der Waals surface area contributed by atoms with Gasteiger partial charge in [-0.1, -0.05) is 26.0 Å². The van der Waals surface area contributed by atoms with Crippen LogP contribution in [0.15, 0.2) is 64.0 Å². The highest BCUT2D eigenvalue weighted by atomic mass is 32.2. The normalized spacial score (nSPS) is 15.8. The molecule has 1 unspecified atom stereocenters. The monoisotopic (exact) mass is 499 g/mol. The molecule has 1 aliphatic rings. The Labute approximate surface area is 205 Å². The second-order valence-corrected chi connectivity index (χ2v) is 10.7. The van der Waals surface area contributed by atoms with Gasteiger partial charge in [-0.15, -0.1) is 0 Å². The molecule has 0 N–H and O–H groups in total. The lowest BCUT2D eigenvalue weighted by Crippen LogP contribution is -2.50. The molecule has 0 aliphatic carbocycles. The van der Waals surface area contributed by atoms with Gasteiger partial charge < -0.3 is 9.32 Å². The predicted molar refractivity (Wildman–Crippen MR) is 131 cm³/mol. The molecule has 0 spiro atoms. The first-order valence-electron chi connectivity index (χ1n) is 11.9. The Morgan fingerprint density at radius 3 is 2.34 bits per heavy atom. The van der Waals surface area contributed by atoms with Gasteiger partial charge in [-0.3, -0.25) is 4.79 Å². The maximum Gasteiger partial charge on any atom is 0.243 e. The third kappa shape index (κ3) is 5.79. The van der Waals surface area contributed by atoms with E-state index in [2.05, 4.69) is 18.8 Å². The van der Waals surface area contributed by atoms with E-state index in [9.17, 15) is 17.6 Å². The molecule has 4 rings (SSSR count). The average molecular weight is 500 g/mol. The van der Waals surface area contributed by atoms with Gasteiger partial charge in [0.05, 0.1) is 11.1 Å². The summed E-state index contributed by atoms with van der Waals surface area (Å²) in [7, 11) is -3.60.